The molecule has 1 heterocycles. The maximum absolute atomic E-state index is 14.9. The number of amides is 2. The van der Waals surface area contributed by atoms with Gasteiger partial charge in [-0.3, -0.25) is 9.69 Å². The van der Waals surface area contributed by atoms with Crippen LogP contribution in [-0.2, 0) is 14.3 Å². The van der Waals surface area contributed by atoms with E-state index in [4.69, 9.17) is 10.5 Å². The maximum Gasteiger partial charge on any atom is 0.414 e. The van der Waals surface area contributed by atoms with Crippen molar-refractivity contribution in [2.24, 2.45) is 5.73 Å². The summed E-state index contributed by atoms with van der Waals surface area (Å²) in [6, 6.07) is 12.2. The van der Waals surface area contributed by atoms with Crippen molar-refractivity contribution in [2.75, 3.05) is 11.4 Å². The normalized spacial score (nSPS) is 16.8. The van der Waals surface area contributed by atoms with Gasteiger partial charge in [-0.05, 0) is 55.0 Å². The van der Waals surface area contributed by atoms with Crippen LogP contribution >= 0.6 is 0 Å². The smallest absolute Gasteiger partial charge is 0.414 e. The Kier molecular flexibility index (Phi) is 7.05. The van der Waals surface area contributed by atoms with E-state index >= 15 is 0 Å². The summed E-state index contributed by atoms with van der Waals surface area (Å²) in [5, 5.41) is 0. The molecule has 7 heteroatoms. The average molecular weight is 426 g/mol. The molecule has 1 unspecified atom stereocenters. The Balaban J connectivity index is 1.70. The summed E-state index contributed by atoms with van der Waals surface area (Å²) in [7, 11) is 0. The molecule has 2 amide bonds. The molecule has 0 saturated carbocycles. The van der Waals surface area contributed by atoms with Crippen LogP contribution in [0.1, 0.15) is 51.0 Å². The van der Waals surface area contributed by atoms with Gasteiger partial charge in [-0.2, -0.15) is 0 Å². The number of primary amides is 1. The highest BCUT2D eigenvalue weighted by atomic mass is 19.1. The zero-order valence-electron chi connectivity index (χ0n) is 17.8. The van der Waals surface area contributed by atoms with Crippen LogP contribution in [0.5, 0.6) is 0 Å². The van der Waals surface area contributed by atoms with Gasteiger partial charge in [0.05, 0.1) is 12.2 Å². The minimum Gasteiger partial charge on any atom is -0.444 e. The summed E-state index contributed by atoms with van der Waals surface area (Å²) in [4.78, 5) is 35.7. The van der Waals surface area contributed by atoms with Crippen molar-refractivity contribution in [1.29, 1.82) is 0 Å². The first-order chi connectivity index (χ1) is 14.7. The largest absolute Gasteiger partial charge is 0.444 e. The van der Waals surface area contributed by atoms with Gasteiger partial charge < -0.3 is 15.3 Å². The van der Waals surface area contributed by atoms with Crippen LogP contribution in [0.3, 0.4) is 0 Å². The van der Waals surface area contributed by atoms with Gasteiger partial charge >= 0.3 is 6.09 Å². The Bertz CT molecular complexity index is 974. The summed E-state index contributed by atoms with van der Waals surface area (Å²) >= 11 is 0. The summed E-state index contributed by atoms with van der Waals surface area (Å²) in [6.07, 6.45) is 0.890. The second-order valence-electron chi connectivity index (χ2n) is 8.05. The predicted molar refractivity (Wildman–Crippen MR) is 116 cm³/mol. The van der Waals surface area contributed by atoms with Gasteiger partial charge in [0.2, 0.25) is 5.91 Å². The number of nitrogens with zero attached hydrogens (tertiary/aromatic N) is 1. The van der Waals surface area contributed by atoms with E-state index in [-0.39, 0.29) is 23.7 Å². The minimum atomic E-state index is -0.532. The topological polar surface area (TPSA) is 89.7 Å². The van der Waals surface area contributed by atoms with Crippen molar-refractivity contribution in [3.05, 3.63) is 53.8 Å². The molecular weight excluding hydrogens is 399 g/mol. The molecule has 2 aromatic carbocycles. The lowest BCUT2D eigenvalue weighted by molar-refractivity contribution is -0.118. The number of halogens is 1. The number of hydrogen-bond donors (Lipinski definition) is 1. The fraction of sp³-hybridized carbons (Fsp3) is 0.375. The molecule has 1 saturated heterocycles. The van der Waals surface area contributed by atoms with Crippen molar-refractivity contribution in [2.45, 2.75) is 51.6 Å². The van der Waals surface area contributed by atoms with Crippen LogP contribution in [0.4, 0.5) is 14.9 Å². The number of ketones is 1. The lowest BCUT2D eigenvalue weighted by atomic mass is 9.94. The Morgan fingerprint density at radius 1 is 1.19 bits per heavy atom. The van der Waals surface area contributed by atoms with Crippen LogP contribution in [-0.4, -0.2) is 30.4 Å². The molecule has 0 aliphatic carbocycles. The molecule has 0 spiro atoms. The minimum absolute atomic E-state index is 0.0400. The van der Waals surface area contributed by atoms with Gasteiger partial charge in [0.15, 0.2) is 0 Å². The number of Topliss-reactive ketones (excluding diaryl/α,β-unsaturated/α-hetero) is 1. The van der Waals surface area contributed by atoms with Gasteiger partial charge in [0.25, 0.3) is 0 Å². The Labute approximate surface area is 181 Å². The van der Waals surface area contributed by atoms with Crippen LogP contribution in [0.25, 0.3) is 11.1 Å². The monoisotopic (exact) mass is 426 g/mol. The standard InChI is InChI=1S/C24H27FN2O4/c1-15(3-12-23(26)29)17-5-7-18(8-6-17)21-11-9-19(13-22(21)25)27-14-20(31-24(27)30)10-4-16(2)28/h5-9,11,13,15,20H,3-4,10,12,14H2,1-2H3,(H2,26,29)/t15?,20-/m0/s1. The highest BCUT2D eigenvalue weighted by Crippen LogP contribution is 2.31. The van der Waals surface area contributed by atoms with E-state index in [1.54, 1.807) is 12.1 Å². The summed E-state index contributed by atoms with van der Waals surface area (Å²) in [5.74, 6) is -0.547. The third-order valence-electron chi connectivity index (χ3n) is 5.57. The highest BCUT2D eigenvalue weighted by Gasteiger charge is 2.32. The third-order valence-corrected chi connectivity index (χ3v) is 5.57. The second kappa shape index (κ2) is 9.73. The predicted octanol–water partition coefficient (Wildman–Crippen LogP) is 4.56. The lowest BCUT2D eigenvalue weighted by Gasteiger charge is -2.15. The number of ether oxygens (including phenoxy) is 1. The van der Waals surface area contributed by atoms with Crippen LogP contribution in [0, 0.1) is 5.82 Å². The van der Waals surface area contributed by atoms with E-state index in [1.165, 1.54) is 17.9 Å². The van der Waals surface area contributed by atoms with Crippen molar-refractivity contribution >= 4 is 23.5 Å². The number of carbonyl (C=O) groups excluding carboxylic acids is 3. The molecule has 0 bridgehead atoms. The zero-order valence-corrected chi connectivity index (χ0v) is 17.8. The molecule has 1 fully saturated rings. The molecule has 1 aliphatic rings. The molecule has 3 rings (SSSR count). The number of carbonyl (C=O) groups is 3. The van der Waals surface area contributed by atoms with Crippen LogP contribution < -0.4 is 10.6 Å². The molecule has 6 nitrogen and oxygen atoms in total. The van der Waals surface area contributed by atoms with Crippen molar-refractivity contribution in [3.8, 4) is 11.1 Å². The van der Waals surface area contributed by atoms with Crippen molar-refractivity contribution in [1.82, 2.24) is 0 Å². The fourth-order valence-corrected chi connectivity index (χ4v) is 3.67. The number of nitrogens with two attached hydrogens (primary N) is 1. The van der Waals surface area contributed by atoms with E-state index in [1.807, 2.05) is 31.2 Å². The van der Waals surface area contributed by atoms with Crippen molar-refractivity contribution < 1.29 is 23.5 Å². The van der Waals surface area contributed by atoms with E-state index < -0.39 is 11.9 Å². The molecule has 164 valence electrons. The first-order valence-electron chi connectivity index (χ1n) is 10.4. The SMILES string of the molecule is CC(=O)CC[C@H]1CN(c2ccc(-c3ccc(C(C)CCC(N)=O)cc3)c(F)c2)C(=O)O1. The summed E-state index contributed by atoms with van der Waals surface area (Å²) in [6.45, 7) is 3.81. The number of hydrogen-bond acceptors (Lipinski definition) is 4. The van der Waals surface area contributed by atoms with E-state index in [9.17, 15) is 18.8 Å². The van der Waals surface area contributed by atoms with Gasteiger partial charge in [0, 0.05) is 18.4 Å². The summed E-state index contributed by atoms with van der Waals surface area (Å²) < 4.78 is 20.1. The molecule has 0 aromatic heterocycles. The van der Waals surface area contributed by atoms with Crippen LogP contribution in [0.15, 0.2) is 42.5 Å². The van der Waals surface area contributed by atoms with Gasteiger partial charge in [-0.15, -0.1) is 0 Å². The van der Waals surface area contributed by atoms with Gasteiger partial charge in [-0.1, -0.05) is 31.2 Å². The number of anilines is 1. The van der Waals surface area contributed by atoms with Gasteiger partial charge in [-0.25, -0.2) is 9.18 Å². The van der Waals surface area contributed by atoms with Gasteiger partial charge in [0.1, 0.15) is 17.7 Å². The first kappa shape index (κ1) is 22.5. The average Bonchev–Trinajstić information content (AvgIpc) is 3.11. The molecule has 0 radical (unpaired) electrons. The number of rotatable bonds is 9. The molecular formula is C24H27FN2O4. The lowest BCUT2D eigenvalue weighted by Crippen LogP contribution is -2.24. The second-order valence-corrected chi connectivity index (χ2v) is 8.05. The van der Waals surface area contributed by atoms with E-state index in [0.29, 0.717) is 43.5 Å². The number of cyclic esters (lactones) is 1. The summed E-state index contributed by atoms with van der Waals surface area (Å²) in [5.41, 5.74) is 7.84. The first-order valence-corrected chi connectivity index (χ1v) is 10.4. The Morgan fingerprint density at radius 3 is 2.52 bits per heavy atom. The molecule has 2 N–H and O–H groups in total. The zero-order chi connectivity index (χ0) is 22.5. The highest BCUT2D eigenvalue weighted by molar-refractivity contribution is 5.90. The maximum atomic E-state index is 14.9. The van der Waals surface area contributed by atoms with Crippen LogP contribution in [0.2, 0.25) is 0 Å². The van der Waals surface area contributed by atoms with E-state index in [0.717, 1.165) is 11.1 Å². The number of benzene rings is 2. The molecule has 31 heavy (non-hydrogen) atoms. The third kappa shape index (κ3) is 5.69. The Hall–Kier alpha value is -3.22. The quantitative estimate of drug-likeness (QED) is 0.637. The van der Waals surface area contributed by atoms with Crippen molar-refractivity contribution in [3.63, 3.8) is 0 Å². The molecule has 2 aromatic rings. The molecule has 1 aliphatic heterocycles. The van der Waals surface area contributed by atoms with E-state index in [2.05, 4.69) is 0 Å². The fourth-order valence-electron chi connectivity index (χ4n) is 3.67. The Morgan fingerprint density at radius 2 is 1.90 bits per heavy atom. The molecule has 2 atom stereocenters.